The molecule has 2 amide bonds. The molecule has 1 saturated heterocycles. The van der Waals surface area contributed by atoms with Crippen LogP contribution in [0.3, 0.4) is 0 Å². The molecule has 0 spiro atoms. The van der Waals surface area contributed by atoms with Crippen molar-refractivity contribution in [2.45, 2.75) is 19.3 Å². The third-order valence-electron chi connectivity index (χ3n) is 4.79. The molecule has 0 aromatic heterocycles. The first kappa shape index (κ1) is 20.6. The maximum absolute atomic E-state index is 12.3. The highest BCUT2D eigenvalue weighted by atomic mass is 79.9. The maximum Gasteiger partial charge on any atom is 0.331 e. The van der Waals surface area contributed by atoms with Crippen molar-refractivity contribution < 1.29 is 13.2 Å². The van der Waals surface area contributed by atoms with Crippen molar-refractivity contribution in [3.05, 3.63) is 75.6 Å². The van der Waals surface area contributed by atoms with E-state index in [-0.39, 0.29) is 0 Å². The Balaban J connectivity index is 1.50. The number of piperidine rings is 1. The third kappa shape index (κ3) is 6.21. The van der Waals surface area contributed by atoms with Gasteiger partial charge in [-0.1, -0.05) is 58.4 Å². The van der Waals surface area contributed by atoms with Crippen LogP contribution >= 0.6 is 15.9 Å². The van der Waals surface area contributed by atoms with Crippen molar-refractivity contribution in [1.82, 2.24) is 9.62 Å². The molecule has 0 bridgehead atoms. The highest BCUT2D eigenvalue weighted by Crippen LogP contribution is 2.21. The van der Waals surface area contributed by atoms with Crippen LogP contribution in [-0.4, -0.2) is 32.4 Å². The molecule has 3 rings (SSSR count). The maximum atomic E-state index is 12.3. The molecular weight excluding hydrogens is 440 g/mol. The fraction of sp³-hybridized carbons (Fsp3) is 0.286. The first-order valence-electron chi connectivity index (χ1n) is 9.20. The number of carbonyl (C=O) groups excluding carboxylic acids is 1. The summed E-state index contributed by atoms with van der Waals surface area (Å²) < 4.78 is 27.4. The predicted molar refractivity (Wildman–Crippen MR) is 115 cm³/mol. The van der Waals surface area contributed by atoms with Crippen LogP contribution in [0.4, 0.5) is 4.79 Å². The third-order valence-corrected chi connectivity index (χ3v) is 6.23. The largest absolute Gasteiger partial charge is 0.331 e. The average molecular weight is 463 g/mol. The Labute approximate surface area is 174 Å². The lowest BCUT2D eigenvalue weighted by atomic mass is 9.90. The Kier molecular flexibility index (Phi) is 6.91. The van der Waals surface area contributed by atoms with Crippen molar-refractivity contribution in [2.24, 2.45) is 5.92 Å². The summed E-state index contributed by atoms with van der Waals surface area (Å²) in [6.07, 6.45) is 4.20. The molecule has 0 aliphatic carbocycles. The van der Waals surface area contributed by atoms with Gasteiger partial charge in [0.1, 0.15) is 0 Å². The Bertz CT molecular complexity index is 937. The number of nitrogens with zero attached hydrogens (tertiary/aromatic N) is 1. The SMILES string of the molecule is O=C(NS(=O)(=O)C=Cc1cccc(Br)c1)N1CCC(Cc2ccccc2)CC1. The number of carbonyl (C=O) groups is 1. The second-order valence-electron chi connectivity index (χ2n) is 6.93. The minimum absolute atomic E-state index is 0.513. The summed E-state index contributed by atoms with van der Waals surface area (Å²) in [4.78, 5) is 13.9. The first-order chi connectivity index (χ1) is 13.4. The molecule has 1 N–H and O–H groups in total. The Morgan fingerprint density at radius 1 is 1.11 bits per heavy atom. The van der Waals surface area contributed by atoms with E-state index in [2.05, 4.69) is 32.8 Å². The molecule has 28 heavy (non-hydrogen) atoms. The summed E-state index contributed by atoms with van der Waals surface area (Å²) in [6, 6.07) is 17.0. The molecule has 1 fully saturated rings. The molecule has 2 aromatic rings. The molecule has 0 radical (unpaired) electrons. The topological polar surface area (TPSA) is 66.5 Å². The number of halogens is 1. The lowest BCUT2D eigenvalue weighted by Crippen LogP contribution is -2.46. The molecule has 2 aromatic carbocycles. The second kappa shape index (κ2) is 9.39. The first-order valence-corrected chi connectivity index (χ1v) is 11.5. The van der Waals surface area contributed by atoms with Crippen LogP contribution in [-0.2, 0) is 16.4 Å². The van der Waals surface area contributed by atoms with Crippen molar-refractivity contribution in [3.8, 4) is 0 Å². The highest BCUT2D eigenvalue weighted by Gasteiger charge is 2.24. The van der Waals surface area contributed by atoms with E-state index in [1.165, 1.54) is 11.6 Å². The van der Waals surface area contributed by atoms with Gasteiger partial charge in [-0.05, 0) is 54.5 Å². The molecule has 1 heterocycles. The van der Waals surface area contributed by atoms with Crippen molar-refractivity contribution in [2.75, 3.05) is 13.1 Å². The van der Waals surface area contributed by atoms with E-state index in [0.29, 0.717) is 19.0 Å². The highest BCUT2D eigenvalue weighted by molar-refractivity contribution is 9.10. The molecule has 7 heteroatoms. The molecular formula is C21H23BrN2O3S. The quantitative estimate of drug-likeness (QED) is 0.714. The van der Waals surface area contributed by atoms with Crippen LogP contribution in [0, 0.1) is 5.92 Å². The van der Waals surface area contributed by atoms with Crippen LogP contribution in [0.25, 0.3) is 6.08 Å². The number of hydrogen-bond acceptors (Lipinski definition) is 3. The molecule has 0 saturated carbocycles. The number of rotatable bonds is 5. The fourth-order valence-corrected chi connectivity index (χ4v) is 4.48. The van der Waals surface area contributed by atoms with E-state index in [1.807, 2.05) is 30.3 Å². The zero-order valence-corrected chi connectivity index (χ0v) is 17.8. The summed E-state index contributed by atoms with van der Waals surface area (Å²) in [5, 5.41) is 1.02. The normalized spacial score (nSPS) is 15.7. The smallest absolute Gasteiger partial charge is 0.324 e. The Morgan fingerprint density at radius 2 is 1.82 bits per heavy atom. The van der Waals surface area contributed by atoms with Gasteiger partial charge >= 0.3 is 6.03 Å². The molecule has 0 atom stereocenters. The van der Waals surface area contributed by atoms with E-state index < -0.39 is 16.1 Å². The van der Waals surface area contributed by atoms with Gasteiger partial charge in [0.05, 0.1) is 5.41 Å². The number of hydrogen-bond donors (Lipinski definition) is 1. The standard InChI is InChI=1S/C21H23BrN2O3S/c22-20-8-4-7-18(16-20)11-14-28(26,27)23-21(25)24-12-9-19(10-13-24)15-17-5-2-1-3-6-17/h1-8,11,14,16,19H,9-10,12-13,15H2,(H,23,25). The Hall–Kier alpha value is -2.12. The number of nitrogens with one attached hydrogen (secondary N) is 1. The molecule has 0 unspecified atom stereocenters. The Morgan fingerprint density at radius 3 is 2.50 bits per heavy atom. The zero-order valence-electron chi connectivity index (χ0n) is 15.4. The summed E-state index contributed by atoms with van der Waals surface area (Å²) in [6.45, 7) is 1.13. The second-order valence-corrected chi connectivity index (χ2v) is 9.41. The number of likely N-dealkylation sites (tertiary alicyclic amines) is 1. The van der Waals surface area contributed by atoms with E-state index in [1.54, 1.807) is 17.0 Å². The lowest BCUT2D eigenvalue weighted by molar-refractivity contribution is 0.175. The monoisotopic (exact) mass is 462 g/mol. The summed E-state index contributed by atoms with van der Waals surface area (Å²) in [5.74, 6) is 0.513. The predicted octanol–water partition coefficient (Wildman–Crippen LogP) is 4.41. The van der Waals surface area contributed by atoms with Gasteiger partial charge in [-0.25, -0.2) is 17.9 Å². The summed E-state index contributed by atoms with van der Waals surface area (Å²) >= 11 is 3.34. The van der Waals surface area contributed by atoms with Crippen LogP contribution in [0.5, 0.6) is 0 Å². The summed E-state index contributed by atoms with van der Waals surface area (Å²) in [7, 11) is -3.84. The lowest BCUT2D eigenvalue weighted by Gasteiger charge is -2.31. The molecule has 5 nitrogen and oxygen atoms in total. The van der Waals surface area contributed by atoms with Gasteiger partial charge in [0.2, 0.25) is 0 Å². The number of benzene rings is 2. The molecule has 1 aliphatic rings. The van der Waals surface area contributed by atoms with Gasteiger partial charge in [0, 0.05) is 17.6 Å². The van der Waals surface area contributed by atoms with Crippen LogP contribution in [0.1, 0.15) is 24.0 Å². The molecule has 148 valence electrons. The minimum atomic E-state index is -3.84. The van der Waals surface area contributed by atoms with Crippen LogP contribution in [0.2, 0.25) is 0 Å². The van der Waals surface area contributed by atoms with Crippen molar-refractivity contribution in [1.29, 1.82) is 0 Å². The minimum Gasteiger partial charge on any atom is -0.324 e. The fourth-order valence-electron chi connectivity index (χ4n) is 3.29. The number of urea groups is 1. The number of sulfonamides is 1. The van der Waals surface area contributed by atoms with E-state index in [4.69, 9.17) is 0 Å². The van der Waals surface area contributed by atoms with E-state index in [9.17, 15) is 13.2 Å². The zero-order chi connectivity index (χ0) is 20.0. The van der Waals surface area contributed by atoms with Crippen molar-refractivity contribution >= 4 is 38.1 Å². The average Bonchev–Trinajstić information content (AvgIpc) is 2.68. The van der Waals surface area contributed by atoms with Gasteiger partial charge < -0.3 is 4.90 Å². The van der Waals surface area contributed by atoms with Crippen molar-refractivity contribution in [3.63, 3.8) is 0 Å². The van der Waals surface area contributed by atoms with E-state index in [0.717, 1.165) is 34.7 Å². The van der Waals surface area contributed by atoms with Gasteiger partial charge in [0.25, 0.3) is 10.0 Å². The van der Waals surface area contributed by atoms with Crippen LogP contribution in [0.15, 0.2) is 64.5 Å². The van der Waals surface area contributed by atoms with Crippen LogP contribution < -0.4 is 4.72 Å². The van der Waals surface area contributed by atoms with E-state index >= 15 is 0 Å². The molecule has 1 aliphatic heterocycles. The summed E-state index contributed by atoms with van der Waals surface area (Å²) in [5.41, 5.74) is 2.03. The van der Waals surface area contributed by atoms with Gasteiger partial charge in [-0.3, -0.25) is 0 Å². The van der Waals surface area contributed by atoms with Gasteiger partial charge in [-0.15, -0.1) is 0 Å². The van der Waals surface area contributed by atoms with Gasteiger partial charge in [0.15, 0.2) is 0 Å². The number of amides is 2. The van der Waals surface area contributed by atoms with Gasteiger partial charge in [-0.2, -0.15) is 0 Å².